The lowest BCUT2D eigenvalue weighted by atomic mass is 9.95. The van der Waals surface area contributed by atoms with Crippen LogP contribution < -0.4 is 5.32 Å². The van der Waals surface area contributed by atoms with E-state index in [-0.39, 0.29) is 36.3 Å². The minimum Gasteiger partial charge on any atom is -0.365 e. The van der Waals surface area contributed by atoms with Gasteiger partial charge in [0.2, 0.25) is 5.91 Å². The summed E-state index contributed by atoms with van der Waals surface area (Å²) < 4.78 is 21.1. The molecule has 1 N–H and O–H groups in total. The van der Waals surface area contributed by atoms with Crippen LogP contribution in [0.25, 0.3) is 0 Å². The summed E-state index contributed by atoms with van der Waals surface area (Å²) in [5.74, 6) is 0.0667. The molecule has 0 spiro atoms. The van der Waals surface area contributed by atoms with E-state index in [2.05, 4.69) is 24.1 Å². The van der Waals surface area contributed by atoms with Crippen LogP contribution >= 0.6 is 0 Å². The van der Waals surface area contributed by atoms with E-state index in [4.69, 9.17) is 4.74 Å². The van der Waals surface area contributed by atoms with Gasteiger partial charge in [-0.15, -0.1) is 0 Å². The monoisotopic (exact) mass is 428 g/mol. The fraction of sp³-hybridized carbons (Fsp3) is 0.522. The molecule has 1 aromatic carbocycles. The first-order valence-corrected chi connectivity index (χ1v) is 10.9. The summed E-state index contributed by atoms with van der Waals surface area (Å²) in [6.07, 6.45) is 2.79. The molecule has 4 rings (SSSR count). The molecule has 1 atom stereocenters. The van der Waals surface area contributed by atoms with E-state index in [9.17, 15) is 14.0 Å². The maximum atomic E-state index is 13.2. The molecule has 0 radical (unpaired) electrons. The standard InChI is InChI=1S/C23H29FN4O3/c1-15(2)11-25-22(29)17-7-9-27(10-8-17)23(30)21-19-13-31-20(12-28(19)14-26-21)16-3-5-18(24)6-4-16/h3-6,14-15,17,20H,7-13H2,1-2H3,(H,25,29). The van der Waals surface area contributed by atoms with Gasteiger partial charge in [-0.1, -0.05) is 26.0 Å². The first kappa shape index (κ1) is 21.5. The maximum absolute atomic E-state index is 13.2. The summed E-state index contributed by atoms with van der Waals surface area (Å²) in [6, 6.07) is 6.28. The number of rotatable bonds is 5. The number of ether oxygens (including phenoxy) is 1. The molecular formula is C23H29FN4O3. The van der Waals surface area contributed by atoms with Crippen molar-refractivity contribution in [2.45, 2.75) is 45.9 Å². The van der Waals surface area contributed by atoms with Gasteiger partial charge in [0, 0.05) is 25.6 Å². The van der Waals surface area contributed by atoms with Crippen molar-refractivity contribution < 1.29 is 18.7 Å². The Morgan fingerprint density at radius 1 is 1.23 bits per heavy atom. The van der Waals surface area contributed by atoms with E-state index in [0.717, 1.165) is 11.3 Å². The summed E-state index contributed by atoms with van der Waals surface area (Å²) in [5, 5.41) is 2.99. The fourth-order valence-corrected chi connectivity index (χ4v) is 4.13. The van der Waals surface area contributed by atoms with E-state index in [1.54, 1.807) is 23.4 Å². The first-order chi connectivity index (χ1) is 14.9. The molecule has 8 heteroatoms. The second-order valence-corrected chi connectivity index (χ2v) is 8.75. The van der Waals surface area contributed by atoms with E-state index >= 15 is 0 Å². The minimum atomic E-state index is -0.281. The quantitative estimate of drug-likeness (QED) is 0.795. The highest BCUT2D eigenvalue weighted by molar-refractivity contribution is 5.93. The third-order valence-electron chi connectivity index (χ3n) is 6.01. The molecule has 31 heavy (non-hydrogen) atoms. The van der Waals surface area contributed by atoms with Gasteiger partial charge >= 0.3 is 0 Å². The Morgan fingerprint density at radius 3 is 2.61 bits per heavy atom. The Hall–Kier alpha value is -2.74. The van der Waals surface area contributed by atoms with Crippen LogP contribution in [0.15, 0.2) is 30.6 Å². The molecular weight excluding hydrogens is 399 g/mol. The van der Waals surface area contributed by atoms with Crippen LogP contribution in [0, 0.1) is 17.7 Å². The van der Waals surface area contributed by atoms with Crippen molar-refractivity contribution in [3.8, 4) is 0 Å². The van der Waals surface area contributed by atoms with Crippen LogP contribution in [0.4, 0.5) is 4.39 Å². The van der Waals surface area contributed by atoms with E-state index in [1.807, 2.05) is 4.57 Å². The van der Waals surface area contributed by atoms with Gasteiger partial charge in [0.25, 0.3) is 5.91 Å². The maximum Gasteiger partial charge on any atom is 0.274 e. The summed E-state index contributed by atoms with van der Waals surface area (Å²) >= 11 is 0. The SMILES string of the molecule is CC(C)CNC(=O)C1CCN(C(=O)c2ncn3c2COC(c2ccc(F)cc2)C3)CC1. The van der Waals surface area contributed by atoms with Crippen molar-refractivity contribution in [3.63, 3.8) is 0 Å². The number of hydrogen-bond acceptors (Lipinski definition) is 4. The summed E-state index contributed by atoms with van der Waals surface area (Å²) in [6.45, 7) is 6.71. The van der Waals surface area contributed by atoms with Gasteiger partial charge in [0.05, 0.1) is 25.2 Å². The number of amides is 2. The molecule has 1 saturated heterocycles. The molecule has 166 valence electrons. The Kier molecular flexibility index (Phi) is 6.36. The fourth-order valence-electron chi connectivity index (χ4n) is 4.13. The molecule has 0 aliphatic carbocycles. The first-order valence-electron chi connectivity index (χ1n) is 10.9. The third kappa shape index (κ3) is 4.79. The lowest BCUT2D eigenvalue weighted by Gasteiger charge is -2.31. The Labute approximate surface area is 181 Å². The number of benzene rings is 1. The van der Waals surface area contributed by atoms with E-state index in [0.29, 0.717) is 50.6 Å². The van der Waals surface area contributed by atoms with Gasteiger partial charge in [0.15, 0.2) is 5.69 Å². The van der Waals surface area contributed by atoms with Crippen LogP contribution in [0.3, 0.4) is 0 Å². The number of piperidine rings is 1. The minimum absolute atomic E-state index is 0.0430. The molecule has 1 fully saturated rings. The van der Waals surface area contributed by atoms with Gasteiger partial charge in [-0.05, 0) is 36.5 Å². The largest absolute Gasteiger partial charge is 0.365 e. The van der Waals surface area contributed by atoms with Gasteiger partial charge in [0.1, 0.15) is 11.9 Å². The van der Waals surface area contributed by atoms with Crippen molar-refractivity contribution in [1.29, 1.82) is 0 Å². The highest BCUT2D eigenvalue weighted by Crippen LogP contribution is 2.29. The molecule has 2 aliphatic rings. The van der Waals surface area contributed by atoms with Crippen LogP contribution in [0.1, 0.15) is 54.5 Å². The van der Waals surface area contributed by atoms with E-state index < -0.39 is 0 Å². The van der Waals surface area contributed by atoms with Crippen molar-refractivity contribution in [2.24, 2.45) is 11.8 Å². The summed E-state index contributed by atoms with van der Waals surface area (Å²) in [5.41, 5.74) is 2.08. The number of aromatic nitrogens is 2. The summed E-state index contributed by atoms with van der Waals surface area (Å²) in [7, 11) is 0. The van der Waals surface area contributed by atoms with Crippen LogP contribution in [-0.2, 0) is 22.7 Å². The Morgan fingerprint density at radius 2 is 1.94 bits per heavy atom. The summed E-state index contributed by atoms with van der Waals surface area (Å²) in [4.78, 5) is 31.5. The molecule has 7 nitrogen and oxygen atoms in total. The average Bonchev–Trinajstić information content (AvgIpc) is 3.21. The van der Waals surface area contributed by atoms with Gasteiger partial charge in [-0.2, -0.15) is 0 Å². The lowest BCUT2D eigenvalue weighted by Crippen LogP contribution is -2.44. The normalized spacial score (nSPS) is 19.4. The number of halogens is 1. The highest BCUT2D eigenvalue weighted by Gasteiger charge is 2.32. The smallest absolute Gasteiger partial charge is 0.274 e. The molecule has 0 saturated carbocycles. The van der Waals surface area contributed by atoms with Crippen molar-refractivity contribution in [1.82, 2.24) is 19.8 Å². The van der Waals surface area contributed by atoms with Crippen LogP contribution in [0.2, 0.25) is 0 Å². The van der Waals surface area contributed by atoms with Crippen molar-refractivity contribution in [3.05, 3.63) is 53.4 Å². The number of hydrogen-bond donors (Lipinski definition) is 1. The third-order valence-corrected chi connectivity index (χ3v) is 6.01. The molecule has 1 unspecified atom stereocenters. The number of nitrogens with zero attached hydrogens (tertiary/aromatic N) is 3. The molecule has 2 aromatic rings. The molecule has 2 amide bonds. The second kappa shape index (κ2) is 9.18. The molecule has 2 aliphatic heterocycles. The highest BCUT2D eigenvalue weighted by atomic mass is 19.1. The Balaban J connectivity index is 1.36. The van der Waals surface area contributed by atoms with Gasteiger partial charge in [-0.25, -0.2) is 9.37 Å². The van der Waals surface area contributed by atoms with Crippen molar-refractivity contribution in [2.75, 3.05) is 19.6 Å². The Bertz CT molecular complexity index is 933. The predicted octanol–water partition coefficient (Wildman–Crippen LogP) is 2.92. The van der Waals surface area contributed by atoms with Crippen molar-refractivity contribution >= 4 is 11.8 Å². The molecule has 3 heterocycles. The second-order valence-electron chi connectivity index (χ2n) is 8.75. The van der Waals surface area contributed by atoms with Gasteiger partial charge < -0.3 is 19.5 Å². The number of likely N-dealkylation sites (tertiary alicyclic amines) is 1. The molecule has 1 aromatic heterocycles. The average molecular weight is 429 g/mol. The number of carbonyl (C=O) groups excluding carboxylic acids is 2. The van der Waals surface area contributed by atoms with Gasteiger partial charge in [-0.3, -0.25) is 9.59 Å². The van der Waals surface area contributed by atoms with Crippen LogP contribution in [0.5, 0.6) is 0 Å². The number of carbonyl (C=O) groups is 2. The zero-order valence-corrected chi connectivity index (χ0v) is 18.0. The number of nitrogens with one attached hydrogen (secondary N) is 1. The predicted molar refractivity (Wildman–Crippen MR) is 113 cm³/mol. The number of fused-ring (bicyclic) bond motifs is 1. The zero-order chi connectivity index (χ0) is 22.0. The number of imidazole rings is 1. The molecule has 0 bridgehead atoms. The topological polar surface area (TPSA) is 76.5 Å². The van der Waals surface area contributed by atoms with Crippen LogP contribution in [-0.4, -0.2) is 45.9 Å². The van der Waals surface area contributed by atoms with E-state index in [1.165, 1.54) is 12.1 Å². The zero-order valence-electron chi connectivity index (χ0n) is 18.0. The lowest BCUT2D eigenvalue weighted by molar-refractivity contribution is -0.126.